The summed E-state index contributed by atoms with van der Waals surface area (Å²) in [5.74, 6) is -0.341. The molecule has 2 aliphatic rings. The van der Waals surface area contributed by atoms with Gasteiger partial charge in [0.15, 0.2) is 0 Å². The van der Waals surface area contributed by atoms with Crippen LogP contribution in [-0.4, -0.2) is 58.5 Å². The van der Waals surface area contributed by atoms with Crippen LogP contribution in [0.5, 0.6) is 0 Å². The molecule has 2 saturated heterocycles. The van der Waals surface area contributed by atoms with Gasteiger partial charge in [-0.2, -0.15) is 0 Å². The van der Waals surface area contributed by atoms with Crippen molar-refractivity contribution >= 4 is 11.9 Å². The van der Waals surface area contributed by atoms with Crippen LogP contribution < -0.4 is 0 Å². The number of likely N-dealkylation sites (tertiary alicyclic amines) is 2. The number of carbonyl (C=O) groups excluding carboxylic acids is 1. The van der Waals surface area contributed by atoms with Crippen molar-refractivity contribution in [2.75, 3.05) is 26.2 Å². The number of carboxylic acid groups (broad SMARTS) is 1. The predicted octanol–water partition coefficient (Wildman–Crippen LogP) is 1.94. The number of benzene rings is 1. The number of aliphatic carboxylic acids is 1. The molecule has 1 aromatic carbocycles. The van der Waals surface area contributed by atoms with E-state index >= 15 is 0 Å². The molecule has 0 aromatic heterocycles. The van der Waals surface area contributed by atoms with Gasteiger partial charge in [0.05, 0.1) is 12.1 Å². The molecule has 0 bridgehead atoms. The molecule has 2 aliphatic heterocycles. The summed E-state index contributed by atoms with van der Waals surface area (Å²) in [5.41, 5.74) is 1.07. The molecule has 5 nitrogen and oxygen atoms in total. The predicted molar refractivity (Wildman–Crippen MR) is 87.2 cm³/mol. The molecular weight excluding hydrogens is 292 g/mol. The third-order valence-corrected chi connectivity index (χ3v) is 5.46. The molecule has 2 fully saturated rings. The lowest BCUT2D eigenvalue weighted by molar-refractivity contribution is -0.140. The van der Waals surface area contributed by atoms with E-state index in [2.05, 4.69) is 12.1 Å². The fourth-order valence-electron chi connectivity index (χ4n) is 4.42. The van der Waals surface area contributed by atoms with E-state index in [1.165, 1.54) is 5.56 Å². The summed E-state index contributed by atoms with van der Waals surface area (Å²) in [7, 11) is 0. The van der Waals surface area contributed by atoms with E-state index in [0.29, 0.717) is 6.42 Å². The second-order valence-corrected chi connectivity index (χ2v) is 6.58. The van der Waals surface area contributed by atoms with Crippen LogP contribution in [0.2, 0.25) is 0 Å². The smallest absolute Gasteiger partial charge is 0.317 e. The van der Waals surface area contributed by atoms with E-state index in [9.17, 15) is 9.59 Å². The first-order valence-corrected chi connectivity index (χ1v) is 8.36. The maximum atomic E-state index is 12.5. The van der Waals surface area contributed by atoms with Gasteiger partial charge in [0, 0.05) is 32.0 Å². The van der Waals surface area contributed by atoms with Gasteiger partial charge in [-0.1, -0.05) is 30.3 Å². The van der Waals surface area contributed by atoms with Crippen LogP contribution in [0.15, 0.2) is 30.3 Å². The third-order valence-electron chi connectivity index (χ3n) is 5.46. The highest BCUT2D eigenvalue weighted by atomic mass is 16.4. The fraction of sp³-hybridized carbons (Fsp3) is 0.556. The minimum atomic E-state index is -0.782. The first-order valence-electron chi connectivity index (χ1n) is 8.36. The third kappa shape index (κ3) is 2.85. The van der Waals surface area contributed by atoms with Gasteiger partial charge in [0.1, 0.15) is 0 Å². The van der Waals surface area contributed by atoms with Crippen LogP contribution in [0.4, 0.5) is 0 Å². The van der Waals surface area contributed by atoms with Gasteiger partial charge in [-0.05, 0) is 25.3 Å². The molecule has 1 atom stereocenters. The fourth-order valence-corrected chi connectivity index (χ4v) is 4.42. The molecular formula is C18H24N2O3. The normalized spacial score (nSPS) is 24.3. The number of amides is 1. The Balaban J connectivity index is 1.86. The van der Waals surface area contributed by atoms with Gasteiger partial charge >= 0.3 is 5.97 Å². The number of carbonyl (C=O) groups is 2. The molecule has 0 radical (unpaired) electrons. The van der Waals surface area contributed by atoms with E-state index in [1.807, 2.05) is 34.9 Å². The monoisotopic (exact) mass is 316 g/mol. The lowest BCUT2D eigenvalue weighted by Crippen LogP contribution is -2.55. The van der Waals surface area contributed by atoms with Crippen LogP contribution in [0.3, 0.4) is 0 Å². The molecule has 0 saturated carbocycles. The molecule has 3 rings (SSSR count). The van der Waals surface area contributed by atoms with Crippen LogP contribution in [0.1, 0.15) is 37.7 Å². The zero-order chi connectivity index (χ0) is 16.4. The van der Waals surface area contributed by atoms with Gasteiger partial charge in [0.2, 0.25) is 5.91 Å². The highest BCUT2D eigenvalue weighted by molar-refractivity contribution is 5.81. The summed E-state index contributed by atoms with van der Waals surface area (Å²) in [4.78, 5) is 27.5. The van der Waals surface area contributed by atoms with Crippen molar-refractivity contribution in [1.82, 2.24) is 9.80 Å². The number of nitrogens with zero attached hydrogens (tertiary/aromatic N) is 2. The summed E-state index contributed by atoms with van der Waals surface area (Å²) in [6.07, 6.45) is 2.26. The highest BCUT2D eigenvalue weighted by Gasteiger charge is 2.53. The van der Waals surface area contributed by atoms with E-state index in [4.69, 9.17) is 5.11 Å². The van der Waals surface area contributed by atoms with Crippen molar-refractivity contribution in [2.24, 2.45) is 0 Å². The largest absolute Gasteiger partial charge is 0.480 e. The van der Waals surface area contributed by atoms with Crippen molar-refractivity contribution in [2.45, 2.75) is 37.6 Å². The Hall–Kier alpha value is -1.88. The standard InChI is InChI=1S/C18H24N2O3/c1-2-20-16(21)12-15(14-6-4-3-5-7-14)18(20)8-10-19(11-9-18)13-17(22)23/h3-7,15H,2,8-13H2,1H3,(H,22,23). The second-order valence-electron chi connectivity index (χ2n) is 6.58. The van der Waals surface area contributed by atoms with E-state index in [-0.39, 0.29) is 23.9 Å². The molecule has 1 unspecified atom stereocenters. The van der Waals surface area contributed by atoms with Gasteiger partial charge in [-0.3, -0.25) is 14.5 Å². The Kier molecular flexibility index (Phi) is 4.39. The van der Waals surface area contributed by atoms with Crippen molar-refractivity contribution in [1.29, 1.82) is 0 Å². The maximum absolute atomic E-state index is 12.5. The quantitative estimate of drug-likeness (QED) is 0.922. The van der Waals surface area contributed by atoms with Crippen molar-refractivity contribution in [3.63, 3.8) is 0 Å². The lowest BCUT2D eigenvalue weighted by Gasteiger charge is -2.47. The summed E-state index contributed by atoms with van der Waals surface area (Å²) < 4.78 is 0. The van der Waals surface area contributed by atoms with Gasteiger partial charge < -0.3 is 10.0 Å². The zero-order valence-electron chi connectivity index (χ0n) is 13.6. The van der Waals surface area contributed by atoms with Crippen molar-refractivity contribution < 1.29 is 14.7 Å². The molecule has 1 amide bonds. The Morgan fingerprint density at radius 1 is 1.26 bits per heavy atom. The van der Waals surface area contributed by atoms with Crippen LogP contribution >= 0.6 is 0 Å². The van der Waals surface area contributed by atoms with Crippen LogP contribution in [-0.2, 0) is 9.59 Å². The number of rotatable bonds is 4. The number of likely N-dealkylation sites (N-methyl/N-ethyl adjacent to an activating group) is 1. The summed E-state index contributed by atoms with van der Waals surface area (Å²) in [6, 6.07) is 10.3. The maximum Gasteiger partial charge on any atom is 0.317 e. The van der Waals surface area contributed by atoms with Crippen LogP contribution in [0.25, 0.3) is 0 Å². The van der Waals surface area contributed by atoms with Crippen molar-refractivity contribution in [3.8, 4) is 0 Å². The van der Waals surface area contributed by atoms with Gasteiger partial charge in [0.25, 0.3) is 0 Å². The molecule has 1 spiro atoms. The van der Waals surface area contributed by atoms with Gasteiger partial charge in [-0.15, -0.1) is 0 Å². The average molecular weight is 316 g/mol. The van der Waals surface area contributed by atoms with Gasteiger partial charge in [-0.25, -0.2) is 0 Å². The molecule has 124 valence electrons. The number of hydrogen-bond donors (Lipinski definition) is 1. The number of piperidine rings is 1. The minimum absolute atomic E-state index is 0.0894. The Bertz CT molecular complexity index is 579. The minimum Gasteiger partial charge on any atom is -0.480 e. The van der Waals surface area contributed by atoms with Crippen molar-refractivity contribution in [3.05, 3.63) is 35.9 Å². The zero-order valence-corrected chi connectivity index (χ0v) is 13.6. The Morgan fingerprint density at radius 2 is 1.91 bits per heavy atom. The van der Waals surface area contributed by atoms with E-state index < -0.39 is 5.97 Å². The van der Waals surface area contributed by atoms with E-state index in [0.717, 1.165) is 32.5 Å². The summed E-state index contributed by atoms with van der Waals surface area (Å²) >= 11 is 0. The average Bonchev–Trinajstić information content (AvgIpc) is 2.82. The number of hydrogen-bond acceptors (Lipinski definition) is 3. The molecule has 2 heterocycles. The Morgan fingerprint density at radius 3 is 2.48 bits per heavy atom. The van der Waals surface area contributed by atoms with Crippen LogP contribution in [0, 0.1) is 0 Å². The van der Waals surface area contributed by atoms with E-state index in [1.54, 1.807) is 0 Å². The first-order chi connectivity index (χ1) is 11.1. The summed E-state index contributed by atoms with van der Waals surface area (Å²) in [6.45, 7) is 4.32. The molecule has 5 heteroatoms. The number of carboxylic acids is 1. The molecule has 23 heavy (non-hydrogen) atoms. The molecule has 1 N–H and O–H groups in total. The SMILES string of the molecule is CCN1C(=O)CC(c2ccccc2)C12CCN(CC(=O)O)CC2. The highest BCUT2D eigenvalue weighted by Crippen LogP contribution is 2.48. The molecule has 0 aliphatic carbocycles. The molecule has 1 aromatic rings. The summed E-state index contributed by atoms with van der Waals surface area (Å²) in [5, 5.41) is 8.99. The second kappa shape index (κ2) is 6.32. The first kappa shape index (κ1) is 16.0. The topological polar surface area (TPSA) is 60.9 Å². The Labute approximate surface area is 136 Å². The lowest BCUT2D eigenvalue weighted by atomic mass is 9.73.